The molecule has 8 nitrogen and oxygen atoms in total. The minimum Gasteiger partial charge on any atom is -0.336 e. The lowest BCUT2D eigenvalue weighted by Gasteiger charge is -2.35. The van der Waals surface area contributed by atoms with Gasteiger partial charge in [0, 0.05) is 19.5 Å². The Labute approximate surface area is 153 Å². The number of nitrogens with zero attached hydrogens (tertiary/aromatic N) is 6. The molecule has 1 unspecified atom stereocenters. The number of carbonyl (C=O) groups is 1. The van der Waals surface area contributed by atoms with Gasteiger partial charge in [0.25, 0.3) is 5.91 Å². The van der Waals surface area contributed by atoms with Crippen LogP contribution in [0.1, 0.15) is 66.2 Å². The highest BCUT2D eigenvalue weighted by molar-refractivity contribution is 5.90. The van der Waals surface area contributed by atoms with E-state index >= 15 is 0 Å². The zero-order valence-electron chi connectivity index (χ0n) is 15.6. The summed E-state index contributed by atoms with van der Waals surface area (Å²) in [5.41, 5.74) is 1.07. The van der Waals surface area contributed by atoms with Crippen molar-refractivity contribution >= 4 is 5.91 Å². The number of hydrogen-bond donors (Lipinski definition) is 1. The van der Waals surface area contributed by atoms with E-state index in [-0.39, 0.29) is 11.9 Å². The number of H-pyrrole nitrogens is 1. The van der Waals surface area contributed by atoms with Crippen molar-refractivity contribution in [1.82, 2.24) is 34.5 Å². The molecular formula is C18H27N7O. The summed E-state index contributed by atoms with van der Waals surface area (Å²) in [7, 11) is 4.12. The minimum absolute atomic E-state index is 0.0500. The maximum atomic E-state index is 13.1. The highest BCUT2D eigenvalue weighted by atomic mass is 16.2. The molecule has 1 amide bonds. The predicted octanol–water partition coefficient (Wildman–Crippen LogP) is 1.71. The van der Waals surface area contributed by atoms with Gasteiger partial charge in [-0.1, -0.05) is 0 Å². The molecule has 0 saturated carbocycles. The fraction of sp³-hybridized carbons (Fsp3) is 0.667. The van der Waals surface area contributed by atoms with Gasteiger partial charge in [0.2, 0.25) is 5.82 Å². The summed E-state index contributed by atoms with van der Waals surface area (Å²) in [6, 6.07) is 0.0500. The van der Waals surface area contributed by atoms with E-state index in [2.05, 4.69) is 32.1 Å². The third-order valence-corrected chi connectivity index (χ3v) is 5.76. The molecule has 2 saturated heterocycles. The van der Waals surface area contributed by atoms with Crippen molar-refractivity contribution in [2.24, 2.45) is 7.05 Å². The monoisotopic (exact) mass is 357 g/mol. The smallest absolute Gasteiger partial charge is 0.294 e. The number of aromatic amines is 1. The summed E-state index contributed by atoms with van der Waals surface area (Å²) in [5, 5.41) is 7.29. The lowest BCUT2D eigenvalue weighted by Crippen LogP contribution is -2.39. The predicted molar refractivity (Wildman–Crippen MR) is 96.7 cm³/mol. The van der Waals surface area contributed by atoms with E-state index in [4.69, 9.17) is 0 Å². The highest BCUT2D eigenvalue weighted by Crippen LogP contribution is 2.31. The second-order valence-corrected chi connectivity index (χ2v) is 7.56. The molecule has 4 rings (SSSR count). The van der Waals surface area contributed by atoms with Crippen molar-refractivity contribution in [3.8, 4) is 0 Å². The van der Waals surface area contributed by atoms with Crippen molar-refractivity contribution in [2.75, 3.05) is 26.7 Å². The van der Waals surface area contributed by atoms with Gasteiger partial charge in [-0.05, 0) is 52.2 Å². The number of piperidine rings is 2. The summed E-state index contributed by atoms with van der Waals surface area (Å²) in [6.45, 7) is 2.86. The number of amides is 1. The van der Waals surface area contributed by atoms with E-state index in [1.165, 1.54) is 0 Å². The number of imidazole rings is 1. The first-order chi connectivity index (χ1) is 12.6. The second kappa shape index (κ2) is 7.19. The van der Waals surface area contributed by atoms with Crippen molar-refractivity contribution in [1.29, 1.82) is 0 Å². The number of nitrogens with one attached hydrogen (secondary N) is 1. The number of hydrogen-bond acceptors (Lipinski definition) is 5. The molecule has 26 heavy (non-hydrogen) atoms. The molecule has 4 heterocycles. The largest absolute Gasteiger partial charge is 0.336 e. The van der Waals surface area contributed by atoms with Gasteiger partial charge < -0.3 is 14.4 Å². The van der Waals surface area contributed by atoms with Gasteiger partial charge in [0.1, 0.15) is 5.82 Å². The second-order valence-electron chi connectivity index (χ2n) is 7.56. The van der Waals surface area contributed by atoms with Crippen LogP contribution < -0.4 is 0 Å². The zero-order chi connectivity index (χ0) is 18.1. The Kier molecular flexibility index (Phi) is 4.76. The van der Waals surface area contributed by atoms with Gasteiger partial charge in [0.15, 0.2) is 0 Å². The highest BCUT2D eigenvalue weighted by Gasteiger charge is 2.33. The number of rotatable bonds is 3. The summed E-state index contributed by atoms with van der Waals surface area (Å²) >= 11 is 0. The van der Waals surface area contributed by atoms with Crippen LogP contribution in [0.2, 0.25) is 0 Å². The standard InChI is InChI=1S/C18H27N7O/c1-23-9-6-13(7-10-23)16-20-17(22-21-16)18(26)25-8-4-3-5-14(25)15-11-19-12-24(15)2/h11-14H,3-10H2,1-2H3,(H,20,21,22). The molecule has 2 fully saturated rings. The molecule has 1 atom stereocenters. The summed E-state index contributed by atoms with van der Waals surface area (Å²) < 4.78 is 2.00. The zero-order valence-corrected chi connectivity index (χ0v) is 15.6. The van der Waals surface area contributed by atoms with Crippen LogP contribution >= 0.6 is 0 Å². The van der Waals surface area contributed by atoms with Gasteiger partial charge in [-0.25, -0.2) is 9.97 Å². The molecule has 0 aromatic carbocycles. The van der Waals surface area contributed by atoms with Gasteiger partial charge in [-0.2, -0.15) is 0 Å². The van der Waals surface area contributed by atoms with Crippen LogP contribution in [-0.4, -0.2) is 67.1 Å². The lowest BCUT2D eigenvalue weighted by atomic mass is 9.96. The van der Waals surface area contributed by atoms with Gasteiger partial charge in [-0.3, -0.25) is 9.89 Å². The molecule has 140 valence electrons. The molecule has 0 spiro atoms. The summed E-state index contributed by atoms with van der Waals surface area (Å²) in [5.74, 6) is 1.45. The first-order valence-electron chi connectivity index (χ1n) is 9.51. The van der Waals surface area contributed by atoms with Crippen LogP contribution in [0.25, 0.3) is 0 Å². The Balaban J connectivity index is 1.52. The normalized spacial score (nSPS) is 22.7. The van der Waals surface area contributed by atoms with Crippen LogP contribution in [0.15, 0.2) is 12.5 Å². The Hall–Kier alpha value is -2.22. The van der Waals surface area contributed by atoms with Crippen LogP contribution in [0.4, 0.5) is 0 Å². The molecule has 2 aromatic heterocycles. The van der Waals surface area contributed by atoms with Crippen molar-refractivity contribution in [3.63, 3.8) is 0 Å². The quantitative estimate of drug-likeness (QED) is 0.904. The molecule has 1 N–H and O–H groups in total. The Bertz CT molecular complexity index is 759. The Morgan fingerprint density at radius 2 is 1.96 bits per heavy atom. The van der Waals surface area contributed by atoms with Crippen LogP contribution in [-0.2, 0) is 7.05 Å². The molecule has 0 aliphatic carbocycles. The van der Waals surface area contributed by atoms with Crippen molar-refractivity contribution in [3.05, 3.63) is 29.9 Å². The first-order valence-corrected chi connectivity index (χ1v) is 9.51. The van der Waals surface area contributed by atoms with Gasteiger partial charge in [-0.15, -0.1) is 5.10 Å². The van der Waals surface area contributed by atoms with Crippen LogP contribution in [0.3, 0.4) is 0 Å². The SMILES string of the molecule is CN1CCC(c2nc(C(=O)N3CCCCC3c3cncn3C)n[nH]2)CC1. The first kappa shape index (κ1) is 17.2. The molecule has 0 bridgehead atoms. The number of carbonyl (C=O) groups excluding carboxylic acids is 1. The van der Waals surface area contributed by atoms with E-state index in [1.54, 1.807) is 6.33 Å². The van der Waals surface area contributed by atoms with Gasteiger partial charge in [0.05, 0.1) is 24.3 Å². The number of aromatic nitrogens is 5. The van der Waals surface area contributed by atoms with E-state index in [9.17, 15) is 4.79 Å². The lowest BCUT2D eigenvalue weighted by molar-refractivity contribution is 0.0590. The van der Waals surface area contributed by atoms with Crippen LogP contribution in [0.5, 0.6) is 0 Å². The van der Waals surface area contributed by atoms with E-state index in [1.807, 2.05) is 22.7 Å². The number of aryl methyl sites for hydroxylation is 1. The number of likely N-dealkylation sites (tertiary alicyclic amines) is 2. The molecule has 2 aliphatic heterocycles. The van der Waals surface area contributed by atoms with Crippen molar-refractivity contribution < 1.29 is 4.79 Å². The Morgan fingerprint density at radius 3 is 2.69 bits per heavy atom. The average Bonchev–Trinajstić information content (AvgIpc) is 3.31. The average molecular weight is 357 g/mol. The summed E-state index contributed by atoms with van der Waals surface area (Å²) in [6.07, 6.45) is 8.86. The fourth-order valence-corrected chi connectivity index (χ4v) is 4.13. The van der Waals surface area contributed by atoms with Gasteiger partial charge >= 0.3 is 0 Å². The van der Waals surface area contributed by atoms with Crippen LogP contribution in [0, 0.1) is 0 Å². The third-order valence-electron chi connectivity index (χ3n) is 5.76. The van der Waals surface area contributed by atoms with E-state index < -0.39 is 0 Å². The molecule has 2 aliphatic rings. The minimum atomic E-state index is -0.0775. The fourth-order valence-electron chi connectivity index (χ4n) is 4.13. The van der Waals surface area contributed by atoms with E-state index in [0.29, 0.717) is 11.7 Å². The third kappa shape index (κ3) is 3.25. The summed E-state index contributed by atoms with van der Waals surface area (Å²) in [4.78, 5) is 26.1. The molecule has 0 radical (unpaired) electrons. The molecule has 2 aromatic rings. The Morgan fingerprint density at radius 1 is 1.15 bits per heavy atom. The van der Waals surface area contributed by atoms with Crippen molar-refractivity contribution in [2.45, 2.75) is 44.1 Å². The molecule has 8 heteroatoms. The van der Waals surface area contributed by atoms with E-state index in [0.717, 1.165) is 63.3 Å². The maximum absolute atomic E-state index is 13.1. The maximum Gasteiger partial charge on any atom is 0.294 e. The topological polar surface area (TPSA) is 82.9 Å². The molecular weight excluding hydrogens is 330 g/mol.